The number of benzene rings is 1. The molecule has 3 unspecified atom stereocenters. The molecule has 1 N–H and O–H groups in total. The molecule has 0 aliphatic heterocycles. The van der Waals surface area contributed by atoms with E-state index in [9.17, 15) is 4.79 Å². The van der Waals surface area contributed by atoms with Gasteiger partial charge in [0.1, 0.15) is 0 Å². The van der Waals surface area contributed by atoms with E-state index in [1.54, 1.807) is 0 Å². The summed E-state index contributed by atoms with van der Waals surface area (Å²) in [5.74, 6) is 1.73. The van der Waals surface area contributed by atoms with Crippen LogP contribution in [0, 0.1) is 32.6 Å². The van der Waals surface area contributed by atoms with Crippen molar-refractivity contribution in [1.29, 1.82) is 0 Å². The minimum absolute atomic E-state index is 0.123. The van der Waals surface area contributed by atoms with Crippen molar-refractivity contribution in [2.75, 3.05) is 0 Å². The van der Waals surface area contributed by atoms with Crippen LogP contribution in [0.25, 0.3) is 0 Å². The minimum Gasteiger partial charge on any atom is -0.349 e. The summed E-state index contributed by atoms with van der Waals surface area (Å²) >= 11 is 0. The number of amides is 1. The predicted octanol–water partition coefficient (Wildman–Crippen LogP) is 3.53. The third-order valence-corrected chi connectivity index (χ3v) is 5.14. The summed E-state index contributed by atoms with van der Waals surface area (Å²) in [7, 11) is 0. The topological polar surface area (TPSA) is 29.1 Å². The molecule has 0 heterocycles. The van der Waals surface area contributed by atoms with E-state index in [2.05, 4.69) is 25.2 Å². The Morgan fingerprint density at radius 3 is 2.42 bits per heavy atom. The number of aryl methyl sites for hydroxylation is 3. The molecule has 0 radical (unpaired) electrons. The van der Waals surface area contributed by atoms with Crippen molar-refractivity contribution in [2.24, 2.45) is 11.8 Å². The Morgan fingerprint density at radius 1 is 1.05 bits per heavy atom. The van der Waals surface area contributed by atoms with E-state index in [0.29, 0.717) is 6.04 Å². The van der Waals surface area contributed by atoms with E-state index >= 15 is 0 Å². The monoisotopic (exact) mass is 257 g/mol. The average molecular weight is 257 g/mol. The zero-order chi connectivity index (χ0) is 13.6. The standard InChI is InChI=1S/C17H23NO/c1-10-6-12(3)15(7-11(10)2)17(19)18-16-9-13-4-5-14(16)8-13/h6-7,13-14,16H,4-5,8-9H2,1-3H3,(H,18,19). The Kier molecular flexibility index (Phi) is 3.12. The summed E-state index contributed by atoms with van der Waals surface area (Å²) in [5, 5.41) is 3.28. The molecule has 102 valence electrons. The molecule has 2 nitrogen and oxygen atoms in total. The molecule has 2 aliphatic carbocycles. The fraction of sp³-hybridized carbons (Fsp3) is 0.588. The van der Waals surface area contributed by atoms with Gasteiger partial charge >= 0.3 is 0 Å². The van der Waals surface area contributed by atoms with Crippen molar-refractivity contribution < 1.29 is 4.79 Å². The molecule has 3 rings (SSSR count). The Morgan fingerprint density at radius 2 is 1.79 bits per heavy atom. The fourth-order valence-electron chi connectivity index (χ4n) is 3.87. The predicted molar refractivity (Wildman–Crippen MR) is 77.4 cm³/mol. The number of hydrogen-bond donors (Lipinski definition) is 1. The van der Waals surface area contributed by atoms with Gasteiger partial charge in [-0.2, -0.15) is 0 Å². The molecule has 1 amide bonds. The molecule has 0 saturated heterocycles. The highest BCUT2D eigenvalue weighted by molar-refractivity contribution is 5.96. The van der Waals surface area contributed by atoms with Crippen molar-refractivity contribution in [3.8, 4) is 0 Å². The van der Waals surface area contributed by atoms with Crippen LogP contribution in [0.5, 0.6) is 0 Å². The first kappa shape index (κ1) is 12.7. The van der Waals surface area contributed by atoms with Crippen molar-refractivity contribution in [3.63, 3.8) is 0 Å². The van der Waals surface area contributed by atoms with E-state index in [1.165, 1.54) is 36.8 Å². The largest absolute Gasteiger partial charge is 0.349 e. The molecule has 19 heavy (non-hydrogen) atoms. The first-order valence-electron chi connectivity index (χ1n) is 7.43. The summed E-state index contributed by atoms with van der Waals surface area (Å²) < 4.78 is 0. The van der Waals surface area contributed by atoms with Crippen LogP contribution in [0.2, 0.25) is 0 Å². The van der Waals surface area contributed by atoms with Crippen molar-refractivity contribution in [1.82, 2.24) is 5.32 Å². The quantitative estimate of drug-likeness (QED) is 0.862. The van der Waals surface area contributed by atoms with E-state index in [4.69, 9.17) is 0 Å². The Bertz CT molecular complexity index is 520. The van der Waals surface area contributed by atoms with Gasteiger partial charge in [-0.3, -0.25) is 4.79 Å². The first-order chi connectivity index (χ1) is 9.04. The number of nitrogens with one attached hydrogen (secondary N) is 1. The molecule has 2 bridgehead atoms. The van der Waals surface area contributed by atoms with Crippen LogP contribution in [0.4, 0.5) is 0 Å². The second-order valence-electron chi connectivity index (χ2n) is 6.51. The van der Waals surface area contributed by atoms with Crippen molar-refractivity contribution >= 4 is 5.91 Å². The lowest BCUT2D eigenvalue weighted by atomic mass is 9.94. The number of carbonyl (C=O) groups excluding carboxylic acids is 1. The van der Waals surface area contributed by atoms with Crippen molar-refractivity contribution in [2.45, 2.75) is 52.5 Å². The SMILES string of the molecule is Cc1cc(C)c(C(=O)NC2CC3CCC2C3)cc1C. The number of fused-ring (bicyclic) bond motifs is 2. The van der Waals surface area contributed by atoms with Crippen LogP contribution in [-0.4, -0.2) is 11.9 Å². The van der Waals surface area contributed by atoms with E-state index < -0.39 is 0 Å². The van der Waals surface area contributed by atoms with Gasteiger partial charge in [0.05, 0.1) is 0 Å². The molecule has 3 atom stereocenters. The summed E-state index contributed by atoms with van der Waals surface area (Å²) in [6.45, 7) is 6.20. The Hall–Kier alpha value is -1.31. The molecule has 0 spiro atoms. The minimum atomic E-state index is 0.123. The van der Waals surface area contributed by atoms with Crippen LogP contribution in [0.1, 0.15) is 52.7 Å². The zero-order valence-corrected chi connectivity index (χ0v) is 12.1. The molecule has 1 aromatic rings. The lowest BCUT2D eigenvalue weighted by molar-refractivity contribution is 0.0922. The highest BCUT2D eigenvalue weighted by Crippen LogP contribution is 2.44. The third kappa shape index (κ3) is 2.29. The van der Waals surface area contributed by atoms with Crippen LogP contribution < -0.4 is 5.32 Å². The second kappa shape index (κ2) is 4.66. The molecule has 2 fully saturated rings. The van der Waals surface area contributed by atoms with Gasteiger partial charge in [0.15, 0.2) is 0 Å². The highest BCUT2D eigenvalue weighted by Gasteiger charge is 2.40. The van der Waals surface area contributed by atoms with Gasteiger partial charge in [-0.15, -0.1) is 0 Å². The van der Waals surface area contributed by atoms with Crippen LogP contribution in [-0.2, 0) is 0 Å². The molecule has 2 aliphatic rings. The first-order valence-corrected chi connectivity index (χ1v) is 7.43. The van der Waals surface area contributed by atoms with Gasteiger partial charge in [0.25, 0.3) is 5.91 Å². The normalized spacial score (nSPS) is 28.7. The van der Waals surface area contributed by atoms with E-state index in [-0.39, 0.29) is 5.91 Å². The molecule has 0 aromatic heterocycles. The zero-order valence-electron chi connectivity index (χ0n) is 12.1. The number of hydrogen-bond acceptors (Lipinski definition) is 1. The summed E-state index contributed by atoms with van der Waals surface area (Å²) in [4.78, 5) is 12.5. The number of carbonyl (C=O) groups is 1. The van der Waals surface area contributed by atoms with Gasteiger partial charge in [-0.05, 0) is 74.6 Å². The second-order valence-corrected chi connectivity index (χ2v) is 6.51. The molecule has 2 heteroatoms. The van der Waals surface area contributed by atoms with Gasteiger partial charge < -0.3 is 5.32 Å². The Balaban J connectivity index is 1.75. The highest BCUT2D eigenvalue weighted by atomic mass is 16.1. The van der Waals surface area contributed by atoms with Crippen LogP contribution >= 0.6 is 0 Å². The molecular formula is C17H23NO. The average Bonchev–Trinajstić information content (AvgIpc) is 2.95. The molecule has 2 saturated carbocycles. The molecular weight excluding hydrogens is 234 g/mol. The van der Waals surface area contributed by atoms with Crippen LogP contribution in [0.3, 0.4) is 0 Å². The third-order valence-electron chi connectivity index (χ3n) is 5.14. The van der Waals surface area contributed by atoms with Gasteiger partial charge in [-0.25, -0.2) is 0 Å². The maximum Gasteiger partial charge on any atom is 0.251 e. The maximum atomic E-state index is 12.5. The van der Waals surface area contributed by atoms with E-state index in [1.807, 2.05) is 13.0 Å². The summed E-state index contributed by atoms with van der Waals surface area (Å²) in [6.07, 6.45) is 5.21. The number of rotatable bonds is 2. The van der Waals surface area contributed by atoms with E-state index in [0.717, 1.165) is 23.0 Å². The summed E-state index contributed by atoms with van der Waals surface area (Å²) in [6, 6.07) is 4.57. The lowest BCUT2D eigenvalue weighted by Crippen LogP contribution is -2.38. The fourth-order valence-corrected chi connectivity index (χ4v) is 3.87. The van der Waals surface area contributed by atoms with Crippen LogP contribution in [0.15, 0.2) is 12.1 Å². The Labute approximate surface area is 115 Å². The smallest absolute Gasteiger partial charge is 0.251 e. The lowest BCUT2D eigenvalue weighted by Gasteiger charge is -2.23. The summed E-state index contributed by atoms with van der Waals surface area (Å²) in [5.41, 5.74) is 4.40. The molecule has 1 aromatic carbocycles. The van der Waals surface area contributed by atoms with Crippen molar-refractivity contribution in [3.05, 3.63) is 34.4 Å². The van der Waals surface area contributed by atoms with Gasteiger partial charge in [0, 0.05) is 11.6 Å². The van der Waals surface area contributed by atoms with Gasteiger partial charge in [0.2, 0.25) is 0 Å². The van der Waals surface area contributed by atoms with Gasteiger partial charge in [-0.1, -0.05) is 12.5 Å². The maximum absolute atomic E-state index is 12.5.